The standard InChI is InChI=1S/C14H20F3NO/c1-13(2,3)19-9-12(18)8-10-4-6-11(7-5-10)14(15,16)17/h4-7,12H,8-9,18H2,1-3H3. The average molecular weight is 275 g/mol. The highest BCUT2D eigenvalue weighted by Gasteiger charge is 2.29. The van der Waals surface area contributed by atoms with Gasteiger partial charge in [-0.15, -0.1) is 0 Å². The third-order valence-corrected chi connectivity index (χ3v) is 2.51. The van der Waals surface area contributed by atoms with E-state index in [0.717, 1.165) is 17.7 Å². The van der Waals surface area contributed by atoms with Crippen LogP contribution in [0.2, 0.25) is 0 Å². The Balaban J connectivity index is 2.54. The molecule has 0 aliphatic heterocycles. The lowest BCUT2D eigenvalue weighted by Crippen LogP contribution is -2.33. The van der Waals surface area contributed by atoms with E-state index in [9.17, 15) is 13.2 Å². The lowest BCUT2D eigenvalue weighted by atomic mass is 10.0. The molecule has 0 saturated heterocycles. The van der Waals surface area contributed by atoms with Crippen molar-refractivity contribution < 1.29 is 17.9 Å². The lowest BCUT2D eigenvalue weighted by Gasteiger charge is -2.22. The van der Waals surface area contributed by atoms with Gasteiger partial charge in [0.15, 0.2) is 0 Å². The van der Waals surface area contributed by atoms with Gasteiger partial charge in [-0.05, 0) is 44.9 Å². The largest absolute Gasteiger partial charge is 0.416 e. The van der Waals surface area contributed by atoms with E-state index in [-0.39, 0.29) is 11.6 Å². The predicted octanol–water partition coefficient (Wildman–Crippen LogP) is 3.39. The highest BCUT2D eigenvalue weighted by molar-refractivity contribution is 5.25. The Hall–Kier alpha value is -1.07. The van der Waals surface area contributed by atoms with Crippen LogP contribution in [0.4, 0.5) is 13.2 Å². The topological polar surface area (TPSA) is 35.2 Å². The maximum atomic E-state index is 12.4. The third kappa shape index (κ3) is 6.07. The molecule has 0 fully saturated rings. The van der Waals surface area contributed by atoms with Crippen molar-refractivity contribution in [2.45, 2.75) is 45.0 Å². The molecule has 5 heteroatoms. The second-order valence-corrected chi connectivity index (χ2v) is 5.58. The smallest absolute Gasteiger partial charge is 0.374 e. The van der Waals surface area contributed by atoms with E-state index in [1.807, 2.05) is 20.8 Å². The molecule has 0 heterocycles. The van der Waals surface area contributed by atoms with Gasteiger partial charge in [0.1, 0.15) is 0 Å². The molecule has 1 unspecified atom stereocenters. The summed E-state index contributed by atoms with van der Waals surface area (Å²) in [6.07, 6.45) is -3.80. The SMILES string of the molecule is CC(C)(C)OCC(N)Cc1ccc(C(F)(F)F)cc1. The second kappa shape index (κ2) is 5.92. The summed E-state index contributed by atoms with van der Waals surface area (Å²) in [5.41, 5.74) is 5.76. The quantitative estimate of drug-likeness (QED) is 0.914. The van der Waals surface area contributed by atoms with Gasteiger partial charge in [-0.1, -0.05) is 12.1 Å². The highest BCUT2D eigenvalue weighted by atomic mass is 19.4. The number of halogens is 3. The minimum atomic E-state index is -4.30. The maximum absolute atomic E-state index is 12.4. The lowest BCUT2D eigenvalue weighted by molar-refractivity contribution is -0.137. The van der Waals surface area contributed by atoms with Gasteiger partial charge in [0.25, 0.3) is 0 Å². The predicted molar refractivity (Wildman–Crippen MR) is 68.8 cm³/mol. The summed E-state index contributed by atoms with van der Waals surface area (Å²) < 4.78 is 42.7. The molecule has 0 bridgehead atoms. The number of hydrogen-bond acceptors (Lipinski definition) is 2. The maximum Gasteiger partial charge on any atom is 0.416 e. The van der Waals surface area contributed by atoms with Gasteiger partial charge in [-0.25, -0.2) is 0 Å². The summed E-state index contributed by atoms with van der Waals surface area (Å²) in [6, 6.07) is 4.84. The molecule has 0 spiro atoms. The molecule has 0 aliphatic rings. The van der Waals surface area contributed by atoms with E-state index in [0.29, 0.717) is 13.0 Å². The number of nitrogens with two attached hydrogens (primary N) is 1. The molecule has 1 rings (SSSR count). The Morgan fingerprint density at radius 3 is 2.05 bits per heavy atom. The van der Waals surface area contributed by atoms with Gasteiger partial charge in [0.2, 0.25) is 0 Å². The first kappa shape index (κ1) is 16.0. The monoisotopic (exact) mass is 275 g/mol. The molecule has 1 atom stereocenters. The summed E-state index contributed by atoms with van der Waals surface area (Å²) in [5.74, 6) is 0. The van der Waals surface area contributed by atoms with Gasteiger partial charge in [0.05, 0.1) is 17.8 Å². The van der Waals surface area contributed by atoms with Crippen molar-refractivity contribution in [2.24, 2.45) is 5.73 Å². The molecule has 1 aromatic rings. The van der Waals surface area contributed by atoms with Crippen LogP contribution in [0.25, 0.3) is 0 Å². The summed E-state index contributed by atoms with van der Waals surface area (Å²) in [6.45, 7) is 6.16. The zero-order valence-electron chi connectivity index (χ0n) is 11.4. The molecule has 1 aromatic carbocycles. The van der Waals surface area contributed by atoms with Crippen molar-refractivity contribution in [3.05, 3.63) is 35.4 Å². The molecule has 2 N–H and O–H groups in total. The van der Waals surface area contributed by atoms with Crippen molar-refractivity contribution in [3.8, 4) is 0 Å². The Morgan fingerprint density at radius 1 is 1.11 bits per heavy atom. The van der Waals surface area contributed by atoms with Crippen LogP contribution >= 0.6 is 0 Å². The molecular formula is C14H20F3NO. The Bertz CT molecular complexity index is 393. The van der Waals surface area contributed by atoms with Crippen LogP contribution in [0, 0.1) is 0 Å². The van der Waals surface area contributed by atoms with E-state index < -0.39 is 11.7 Å². The van der Waals surface area contributed by atoms with Crippen molar-refractivity contribution in [2.75, 3.05) is 6.61 Å². The molecule has 19 heavy (non-hydrogen) atoms. The van der Waals surface area contributed by atoms with Crippen LogP contribution in [-0.4, -0.2) is 18.2 Å². The minimum Gasteiger partial charge on any atom is -0.374 e. The summed E-state index contributed by atoms with van der Waals surface area (Å²) in [7, 11) is 0. The summed E-state index contributed by atoms with van der Waals surface area (Å²) in [4.78, 5) is 0. The molecule has 108 valence electrons. The van der Waals surface area contributed by atoms with Crippen LogP contribution in [0.15, 0.2) is 24.3 Å². The van der Waals surface area contributed by atoms with Gasteiger partial charge in [-0.2, -0.15) is 13.2 Å². The molecule has 0 aliphatic carbocycles. The molecule has 0 aromatic heterocycles. The zero-order chi connectivity index (χ0) is 14.7. The first-order valence-electron chi connectivity index (χ1n) is 6.13. The molecule has 0 saturated carbocycles. The Kier molecular flexibility index (Phi) is 4.98. The molecule has 0 amide bonds. The van der Waals surface area contributed by atoms with E-state index in [1.54, 1.807) is 0 Å². The van der Waals surface area contributed by atoms with E-state index in [1.165, 1.54) is 12.1 Å². The van der Waals surface area contributed by atoms with Crippen LogP contribution in [0.3, 0.4) is 0 Å². The van der Waals surface area contributed by atoms with Crippen LogP contribution < -0.4 is 5.73 Å². The fraction of sp³-hybridized carbons (Fsp3) is 0.571. The molecule has 0 radical (unpaired) electrons. The van der Waals surface area contributed by atoms with Crippen LogP contribution in [0.1, 0.15) is 31.9 Å². The van der Waals surface area contributed by atoms with Gasteiger partial charge < -0.3 is 10.5 Å². The fourth-order valence-electron chi connectivity index (χ4n) is 1.55. The number of ether oxygens (including phenoxy) is 1. The summed E-state index contributed by atoms with van der Waals surface area (Å²) >= 11 is 0. The van der Waals surface area contributed by atoms with Crippen molar-refractivity contribution >= 4 is 0 Å². The third-order valence-electron chi connectivity index (χ3n) is 2.51. The molecule has 2 nitrogen and oxygen atoms in total. The number of alkyl halides is 3. The number of hydrogen-bond donors (Lipinski definition) is 1. The van der Waals surface area contributed by atoms with Crippen LogP contribution in [0.5, 0.6) is 0 Å². The van der Waals surface area contributed by atoms with Crippen molar-refractivity contribution in [1.29, 1.82) is 0 Å². The average Bonchev–Trinajstić information content (AvgIpc) is 2.25. The summed E-state index contributed by atoms with van der Waals surface area (Å²) in [5, 5.41) is 0. The van der Waals surface area contributed by atoms with E-state index in [2.05, 4.69) is 0 Å². The minimum absolute atomic E-state index is 0.226. The van der Waals surface area contributed by atoms with E-state index >= 15 is 0 Å². The Morgan fingerprint density at radius 2 is 1.63 bits per heavy atom. The van der Waals surface area contributed by atoms with E-state index in [4.69, 9.17) is 10.5 Å². The van der Waals surface area contributed by atoms with Gasteiger partial charge in [0, 0.05) is 6.04 Å². The van der Waals surface area contributed by atoms with Crippen LogP contribution in [-0.2, 0) is 17.3 Å². The first-order valence-corrected chi connectivity index (χ1v) is 6.13. The number of benzene rings is 1. The zero-order valence-corrected chi connectivity index (χ0v) is 11.4. The second-order valence-electron chi connectivity index (χ2n) is 5.58. The first-order chi connectivity index (χ1) is 8.58. The van der Waals surface area contributed by atoms with Crippen molar-refractivity contribution in [1.82, 2.24) is 0 Å². The Labute approximate surface area is 111 Å². The molecular weight excluding hydrogens is 255 g/mol. The highest BCUT2D eigenvalue weighted by Crippen LogP contribution is 2.29. The van der Waals surface area contributed by atoms with Gasteiger partial charge >= 0.3 is 6.18 Å². The van der Waals surface area contributed by atoms with Gasteiger partial charge in [-0.3, -0.25) is 0 Å². The fourth-order valence-corrected chi connectivity index (χ4v) is 1.55. The number of rotatable bonds is 4. The van der Waals surface area contributed by atoms with Crippen molar-refractivity contribution in [3.63, 3.8) is 0 Å². The normalized spacial score (nSPS) is 14.5.